The Kier molecular flexibility index (Phi) is 4.08. The Labute approximate surface area is 121 Å². The molecule has 1 saturated heterocycles. The smallest absolute Gasteiger partial charge is 0.126 e. The summed E-state index contributed by atoms with van der Waals surface area (Å²) in [6.45, 7) is 6.23. The zero-order valence-corrected chi connectivity index (χ0v) is 12.5. The van der Waals surface area contributed by atoms with Crippen LogP contribution in [0.3, 0.4) is 0 Å². The molecule has 2 aliphatic rings. The molecular weight excluding hydrogens is 251 g/mol. The van der Waals surface area contributed by atoms with Crippen molar-refractivity contribution in [2.75, 3.05) is 13.1 Å². The van der Waals surface area contributed by atoms with Gasteiger partial charge in [-0.15, -0.1) is 0 Å². The molecule has 2 unspecified atom stereocenters. The number of rotatable bonds is 4. The van der Waals surface area contributed by atoms with E-state index in [1.54, 1.807) is 6.07 Å². The molecule has 1 aromatic rings. The Morgan fingerprint density at radius 1 is 1.25 bits per heavy atom. The second-order valence-electron chi connectivity index (χ2n) is 6.46. The first-order valence-corrected chi connectivity index (χ1v) is 7.89. The van der Waals surface area contributed by atoms with Crippen LogP contribution in [0.15, 0.2) is 18.2 Å². The zero-order chi connectivity index (χ0) is 14.1. The fourth-order valence-corrected chi connectivity index (χ4v) is 3.16. The van der Waals surface area contributed by atoms with E-state index in [1.807, 2.05) is 13.0 Å². The maximum absolute atomic E-state index is 13.7. The van der Waals surface area contributed by atoms with Crippen molar-refractivity contribution in [3.63, 3.8) is 0 Å². The molecule has 1 heterocycles. The van der Waals surface area contributed by atoms with Gasteiger partial charge in [0, 0.05) is 24.7 Å². The summed E-state index contributed by atoms with van der Waals surface area (Å²) < 4.78 is 13.7. The number of aryl methyl sites for hydroxylation is 1. The van der Waals surface area contributed by atoms with Gasteiger partial charge in [0.05, 0.1) is 0 Å². The van der Waals surface area contributed by atoms with Gasteiger partial charge in [-0.3, -0.25) is 4.90 Å². The highest BCUT2D eigenvalue weighted by atomic mass is 19.1. The van der Waals surface area contributed by atoms with Crippen LogP contribution in [0.1, 0.15) is 49.8 Å². The molecule has 0 amide bonds. The number of nitrogens with zero attached hydrogens (tertiary/aromatic N) is 1. The van der Waals surface area contributed by atoms with E-state index in [0.717, 1.165) is 30.3 Å². The molecule has 2 fully saturated rings. The van der Waals surface area contributed by atoms with Crippen molar-refractivity contribution in [3.05, 3.63) is 35.1 Å². The maximum Gasteiger partial charge on any atom is 0.126 e. The van der Waals surface area contributed by atoms with Gasteiger partial charge in [-0.05, 0) is 63.3 Å². The predicted molar refractivity (Wildman–Crippen MR) is 80.3 cm³/mol. The van der Waals surface area contributed by atoms with Crippen molar-refractivity contribution in [3.8, 4) is 0 Å². The molecule has 3 heteroatoms. The molecule has 1 aliphatic carbocycles. The molecule has 0 bridgehead atoms. The van der Waals surface area contributed by atoms with Crippen molar-refractivity contribution in [1.29, 1.82) is 0 Å². The Morgan fingerprint density at radius 3 is 2.75 bits per heavy atom. The second kappa shape index (κ2) is 5.82. The minimum absolute atomic E-state index is 0.0842. The zero-order valence-electron chi connectivity index (χ0n) is 12.5. The van der Waals surface area contributed by atoms with Gasteiger partial charge in [-0.2, -0.15) is 0 Å². The topological polar surface area (TPSA) is 15.3 Å². The van der Waals surface area contributed by atoms with Crippen LogP contribution in [0.4, 0.5) is 4.39 Å². The molecule has 3 rings (SSSR count). The molecule has 1 aliphatic heterocycles. The highest BCUT2D eigenvalue weighted by Crippen LogP contribution is 2.27. The van der Waals surface area contributed by atoms with Crippen LogP contribution in [0, 0.1) is 12.7 Å². The number of likely N-dealkylation sites (tertiary alicyclic amines) is 1. The van der Waals surface area contributed by atoms with Gasteiger partial charge in [0.15, 0.2) is 0 Å². The van der Waals surface area contributed by atoms with E-state index in [2.05, 4.69) is 23.2 Å². The average molecular weight is 276 g/mol. The molecule has 2 nitrogen and oxygen atoms in total. The molecule has 110 valence electrons. The van der Waals surface area contributed by atoms with Gasteiger partial charge in [0.1, 0.15) is 5.82 Å². The van der Waals surface area contributed by atoms with Crippen molar-refractivity contribution >= 4 is 0 Å². The molecule has 1 aromatic carbocycles. The van der Waals surface area contributed by atoms with Gasteiger partial charge < -0.3 is 5.32 Å². The lowest BCUT2D eigenvalue weighted by Gasteiger charge is -2.37. The lowest BCUT2D eigenvalue weighted by atomic mass is 9.99. The SMILES string of the molecule is Cc1ccc(C(C)N2CCCC(NC3CC3)C2)cc1F. The quantitative estimate of drug-likeness (QED) is 0.906. The molecule has 2 atom stereocenters. The summed E-state index contributed by atoms with van der Waals surface area (Å²) in [6, 6.07) is 7.36. The van der Waals surface area contributed by atoms with Gasteiger partial charge in [-0.25, -0.2) is 4.39 Å². The molecule has 1 N–H and O–H groups in total. The van der Waals surface area contributed by atoms with Gasteiger partial charge in [0.2, 0.25) is 0 Å². The van der Waals surface area contributed by atoms with Crippen molar-refractivity contribution in [1.82, 2.24) is 10.2 Å². The summed E-state index contributed by atoms with van der Waals surface area (Å²) in [6.07, 6.45) is 5.20. The molecule has 1 saturated carbocycles. The van der Waals surface area contributed by atoms with E-state index in [4.69, 9.17) is 0 Å². The average Bonchev–Trinajstić information content (AvgIpc) is 3.25. The van der Waals surface area contributed by atoms with Crippen LogP contribution in [0.2, 0.25) is 0 Å². The summed E-state index contributed by atoms with van der Waals surface area (Å²) in [7, 11) is 0. The van der Waals surface area contributed by atoms with Crippen LogP contribution in [0.5, 0.6) is 0 Å². The minimum atomic E-state index is -0.0842. The molecule has 20 heavy (non-hydrogen) atoms. The van der Waals surface area contributed by atoms with E-state index >= 15 is 0 Å². The summed E-state index contributed by atoms with van der Waals surface area (Å²) in [5, 5.41) is 3.73. The number of piperidine rings is 1. The highest BCUT2D eigenvalue weighted by molar-refractivity contribution is 5.25. The predicted octanol–water partition coefficient (Wildman–Crippen LogP) is 3.41. The molecule has 0 spiro atoms. The minimum Gasteiger partial charge on any atom is -0.310 e. The Morgan fingerprint density at radius 2 is 2.05 bits per heavy atom. The first-order chi connectivity index (χ1) is 9.63. The highest BCUT2D eigenvalue weighted by Gasteiger charge is 2.29. The fraction of sp³-hybridized carbons (Fsp3) is 0.647. The summed E-state index contributed by atoms with van der Waals surface area (Å²) >= 11 is 0. The van der Waals surface area contributed by atoms with E-state index in [-0.39, 0.29) is 5.82 Å². The van der Waals surface area contributed by atoms with Crippen LogP contribution >= 0.6 is 0 Å². The number of hydrogen-bond acceptors (Lipinski definition) is 2. The monoisotopic (exact) mass is 276 g/mol. The van der Waals surface area contributed by atoms with E-state index in [0.29, 0.717) is 12.1 Å². The largest absolute Gasteiger partial charge is 0.310 e. The van der Waals surface area contributed by atoms with Crippen LogP contribution in [-0.4, -0.2) is 30.1 Å². The third kappa shape index (κ3) is 3.21. The lowest BCUT2D eigenvalue weighted by Crippen LogP contribution is -2.47. The van der Waals surface area contributed by atoms with Gasteiger partial charge >= 0.3 is 0 Å². The van der Waals surface area contributed by atoms with Gasteiger partial charge in [0.25, 0.3) is 0 Å². The standard InChI is InChI=1S/C17H25FN2/c1-12-5-6-14(10-17(12)18)13(2)20-9-3-4-16(11-20)19-15-7-8-15/h5-6,10,13,15-16,19H,3-4,7-9,11H2,1-2H3. The Bertz CT molecular complexity index is 470. The Balaban J connectivity index is 1.65. The Hall–Kier alpha value is -0.930. The van der Waals surface area contributed by atoms with Crippen molar-refractivity contribution < 1.29 is 4.39 Å². The van der Waals surface area contributed by atoms with Crippen molar-refractivity contribution in [2.24, 2.45) is 0 Å². The van der Waals surface area contributed by atoms with Crippen LogP contribution in [-0.2, 0) is 0 Å². The first kappa shape index (κ1) is 14.0. The summed E-state index contributed by atoms with van der Waals surface area (Å²) in [5.41, 5.74) is 1.83. The van der Waals surface area contributed by atoms with Crippen molar-refractivity contribution in [2.45, 2.75) is 57.7 Å². The number of halogens is 1. The molecule has 0 aromatic heterocycles. The van der Waals surface area contributed by atoms with Crippen LogP contribution < -0.4 is 5.32 Å². The summed E-state index contributed by atoms with van der Waals surface area (Å²) in [4.78, 5) is 2.49. The number of nitrogens with one attached hydrogen (secondary N) is 1. The molecule has 0 radical (unpaired) electrons. The van der Waals surface area contributed by atoms with E-state index in [9.17, 15) is 4.39 Å². The number of benzene rings is 1. The van der Waals surface area contributed by atoms with Gasteiger partial charge in [-0.1, -0.05) is 12.1 Å². The normalized spacial score (nSPS) is 25.6. The van der Waals surface area contributed by atoms with Crippen LogP contribution in [0.25, 0.3) is 0 Å². The maximum atomic E-state index is 13.7. The van der Waals surface area contributed by atoms with E-state index < -0.39 is 0 Å². The second-order valence-corrected chi connectivity index (χ2v) is 6.46. The molecular formula is C17H25FN2. The number of hydrogen-bond donors (Lipinski definition) is 1. The third-order valence-corrected chi connectivity index (χ3v) is 4.73. The first-order valence-electron chi connectivity index (χ1n) is 7.89. The van der Waals surface area contributed by atoms with E-state index in [1.165, 1.54) is 25.7 Å². The fourth-order valence-electron chi connectivity index (χ4n) is 3.16. The third-order valence-electron chi connectivity index (χ3n) is 4.73. The lowest BCUT2D eigenvalue weighted by molar-refractivity contribution is 0.145. The summed E-state index contributed by atoms with van der Waals surface area (Å²) in [5.74, 6) is -0.0842.